The molecule has 0 aliphatic heterocycles. The molecule has 1 nitrogen and oxygen atoms in total. The number of carbonyl (C=O) groups is 1. The summed E-state index contributed by atoms with van der Waals surface area (Å²) >= 11 is 0. The molecule has 4 atom stereocenters. The highest BCUT2D eigenvalue weighted by atomic mass is 16.1. The van der Waals surface area contributed by atoms with E-state index >= 15 is 0 Å². The van der Waals surface area contributed by atoms with Crippen molar-refractivity contribution in [1.82, 2.24) is 0 Å². The van der Waals surface area contributed by atoms with Gasteiger partial charge in [0.05, 0.1) is 0 Å². The Morgan fingerprint density at radius 2 is 2.36 bits per heavy atom. The molecule has 3 rings (SSSR count). The van der Waals surface area contributed by atoms with Gasteiger partial charge in [0, 0.05) is 5.92 Å². The summed E-state index contributed by atoms with van der Waals surface area (Å²) < 4.78 is 0. The molecule has 1 unspecified atom stereocenters. The molecule has 0 radical (unpaired) electrons. The van der Waals surface area contributed by atoms with Crippen LogP contribution < -0.4 is 0 Å². The average molecular weight is 150 g/mol. The molecule has 0 saturated heterocycles. The molecule has 3 aliphatic carbocycles. The molecular weight excluding hydrogens is 136 g/mol. The maximum absolute atomic E-state index is 11.1. The summed E-state index contributed by atoms with van der Waals surface area (Å²) in [7, 11) is 0. The second-order valence-electron chi connectivity index (χ2n) is 4.73. The minimum Gasteiger partial charge on any atom is -0.300 e. The average Bonchev–Trinajstić information content (AvgIpc) is 1.83. The normalized spacial score (nSPS) is 57.7. The van der Waals surface area contributed by atoms with E-state index in [-0.39, 0.29) is 0 Å². The van der Waals surface area contributed by atoms with Gasteiger partial charge >= 0.3 is 0 Å². The first-order chi connectivity index (χ1) is 5.24. The number of hydrogen-bond acceptors (Lipinski definition) is 1. The zero-order chi connectivity index (χ0) is 7.64. The predicted octanol–water partition coefficient (Wildman–Crippen LogP) is 2.01. The standard InChI is InChI=1S/C10H14O/c1-6(11)8-5-10-3-2-7(10)4-9(8)10/h7-9H,2-5H2,1H3/t7-,8?,9+,10+/m0/s1. The summed E-state index contributed by atoms with van der Waals surface area (Å²) in [4.78, 5) is 11.1. The van der Waals surface area contributed by atoms with E-state index in [1.807, 2.05) is 0 Å². The fourth-order valence-corrected chi connectivity index (χ4v) is 3.74. The van der Waals surface area contributed by atoms with E-state index in [9.17, 15) is 4.79 Å². The Labute approximate surface area is 67.2 Å². The van der Waals surface area contributed by atoms with E-state index < -0.39 is 0 Å². The van der Waals surface area contributed by atoms with Crippen LogP contribution in [0.3, 0.4) is 0 Å². The minimum atomic E-state index is 0.450. The smallest absolute Gasteiger partial charge is 0.133 e. The molecule has 1 heteroatoms. The molecule has 0 heterocycles. The van der Waals surface area contributed by atoms with Gasteiger partial charge in [-0.3, -0.25) is 4.79 Å². The maximum atomic E-state index is 11.1. The minimum absolute atomic E-state index is 0.450. The van der Waals surface area contributed by atoms with Crippen molar-refractivity contribution in [3.63, 3.8) is 0 Å². The van der Waals surface area contributed by atoms with Gasteiger partial charge in [-0.15, -0.1) is 0 Å². The molecule has 3 fully saturated rings. The van der Waals surface area contributed by atoms with Crippen molar-refractivity contribution in [3.8, 4) is 0 Å². The maximum Gasteiger partial charge on any atom is 0.133 e. The van der Waals surface area contributed by atoms with Crippen LogP contribution >= 0.6 is 0 Å². The van der Waals surface area contributed by atoms with Crippen LogP contribution in [0.1, 0.15) is 32.6 Å². The van der Waals surface area contributed by atoms with Gasteiger partial charge in [-0.2, -0.15) is 0 Å². The Hall–Kier alpha value is -0.330. The lowest BCUT2D eigenvalue weighted by atomic mass is 9.30. The molecule has 0 aromatic heterocycles. The molecule has 0 aromatic carbocycles. The number of carbonyl (C=O) groups excluding carboxylic acids is 1. The zero-order valence-corrected chi connectivity index (χ0v) is 6.97. The van der Waals surface area contributed by atoms with Crippen LogP contribution in [0.5, 0.6) is 0 Å². The predicted molar refractivity (Wildman–Crippen MR) is 42.1 cm³/mol. The zero-order valence-electron chi connectivity index (χ0n) is 6.97. The van der Waals surface area contributed by atoms with Crippen molar-refractivity contribution >= 4 is 5.78 Å². The van der Waals surface area contributed by atoms with Crippen molar-refractivity contribution in [3.05, 3.63) is 0 Å². The van der Waals surface area contributed by atoms with E-state index in [0.717, 1.165) is 17.3 Å². The fraction of sp³-hybridized carbons (Fsp3) is 0.900. The molecule has 0 amide bonds. The van der Waals surface area contributed by atoms with Crippen molar-refractivity contribution in [2.45, 2.75) is 32.6 Å². The van der Waals surface area contributed by atoms with Gasteiger partial charge in [-0.1, -0.05) is 0 Å². The highest BCUT2D eigenvalue weighted by Crippen LogP contribution is 2.76. The SMILES string of the molecule is CC(=O)C1C[C@]23CC[C@H]2C[C@H]13. The Balaban J connectivity index is 1.78. The Morgan fingerprint density at radius 1 is 1.55 bits per heavy atom. The third-order valence-electron chi connectivity index (χ3n) is 4.66. The first kappa shape index (κ1) is 6.22. The van der Waals surface area contributed by atoms with E-state index in [1.165, 1.54) is 25.7 Å². The van der Waals surface area contributed by atoms with Crippen LogP contribution in [0.25, 0.3) is 0 Å². The summed E-state index contributed by atoms with van der Waals surface area (Å²) in [6, 6.07) is 0. The van der Waals surface area contributed by atoms with Gasteiger partial charge in [0.2, 0.25) is 0 Å². The van der Waals surface area contributed by atoms with E-state index in [4.69, 9.17) is 0 Å². The Bertz CT molecular complexity index is 233. The topological polar surface area (TPSA) is 17.1 Å². The lowest BCUT2D eigenvalue weighted by Gasteiger charge is -2.74. The first-order valence-electron chi connectivity index (χ1n) is 4.74. The van der Waals surface area contributed by atoms with Crippen molar-refractivity contribution < 1.29 is 4.79 Å². The van der Waals surface area contributed by atoms with Gasteiger partial charge in [0.15, 0.2) is 0 Å². The lowest BCUT2D eigenvalue weighted by molar-refractivity contribution is -0.247. The molecule has 3 aliphatic rings. The summed E-state index contributed by atoms with van der Waals surface area (Å²) in [6.45, 7) is 1.77. The van der Waals surface area contributed by atoms with Crippen LogP contribution in [0.15, 0.2) is 0 Å². The van der Waals surface area contributed by atoms with E-state index in [2.05, 4.69) is 0 Å². The highest BCUT2D eigenvalue weighted by Gasteiger charge is 2.70. The van der Waals surface area contributed by atoms with Crippen LogP contribution in [-0.2, 0) is 4.79 Å². The molecule has 3 saturated carbocycles. The molecule has 60 valence electrons. The number of Topliss-reactive ketones (excluding diaryl/α,β-unsaturated/α-hetero) is 1. The van der Waals surface area contributed by atoms with E-state index in [0.29, 0.717) is 11.7 Å². The number of ketones is 1. The molecule has 1 spiro atoms. The third-order valence-corrected chi connectivity index (χ3v) is 4.66. The Morgan fingerprint density at radius 3 is 2.64 bits per heavy atom. The van der Waals surface area contributed by atoms with Gasteiger partial charge in [0.1, 0.15) is 5.78 Å². The summed E-state index contributed by atoms with van der Waals surface area (Å²) in [6.07, 6.45) is 5.52. The van der Waals surface area contributed by atoms with Gasteiger partial charge in [-0.05, 0) is 49.9 Å². The van der Waals surface area contributed by atoms with Crippen molar-refractivity contribution in [1.29, 1.82) is 0 Å². The van der Waals surface area contributed by atoms with Crippen LogP contribution in [-0.4, -0.2) is 5.78 Å². The molecule has 0 N–H and O–H groups in total. The number of rotatable bonds is 1. The Kier molecular flexibility index (Phi) is 0.875. The molecule has 11 heavy (non-hydrogen) atoms. The quantitative estimate of drug-likeness (QED) is 0.559. The van der Waals surface area contributed by atoms with Gasteiger partial charge in [0.25, 0.3) is 0 Å². The van der Waals surface area contributed by atoms with Crippen LogP contribution in [0, 0.1) is 23.2 Å². The molecule has 0 bridgehead atoms. The largest absolute Gasteiger partial charge is 0.300 e. The summed E-state index contributed by atoms with van der Waals surface area (Å²) in [5.74, 6) is 2.80. The first-order valence-corrected chi connectivity index (χ1v) is 4.74. The van der Waals surface area contributed by atoms with Crippen LogP contribution in [0.4, 0.5) is 0 Å². The van der Waals surface area contributed by atoms with Gasteiger partial charge < -0.3 is 0 Å². The van der Waals surface area contributed by atoms with E-state index in [1.54, 1.807) is 6.92 Å². The second kappa shape index (κ2) is 1.55. The molecular formula is C10H14O. The summed E-state index contributed by atoms with van der Waals surface area (Å²) in [5, 5.41) is 0. The van der Waals surface area contributed by atoms with Crippen LogP contribution in [0.2, 0.25) is 0 Å². The lowest BCUT2D eigenvalue weighted by Crippen LogP contribution is -2.68. The number of hydrogen-bond donors (Lipinski definition) is 0. The monoisotopic (exact) mass is 150 g/mol. The van der Waals surface area contributed by atoms with Gasteiger partial charge in [-0.25, -0.2) is 0 Å². The molecule has 0 aromatic rings. The third kappa shape index (κ3) is 0.473. The summed E-state index contributed by atoms with van der Waals surface area (Å²) in [5.41, 5.74) is 0.732. The van der Waals surface area contributed by atoms with Crippen molar-refractivity contribution in [2.24, 2.45) is 23.2 Å². The van der Waals surface area contributed by atoms with Crippen molar-refractivity contribution in [2.75, 3.05) is 0 Å². The highest BCUT2D eigenvalue weighted by molar-refractivity contribution is 5.80. The fourth-order valence-electron chi connectivity index (χ4n) is 3.74. The second-order valence-corrected chi connectivity index (χ2v) is 4.73.